The largest absolute Gasteiger partial charge is 0.338 e. The van der Waals surface area contributed by atoms with Crippen LogP contribution in [0.2, 0.25) is 0 Å². The molecular weight excluding hydrogens is 246 g/mol. The van der Waals surface area contributed by atoms with Crippen LogP contribution in [-0.4, -0.2) is 9.97 Å². The monoisotopic (exact) mass is 261 g/mol. The average molecular weight is 261 g/mol. The summed E-state index contributed by atoms with van der Waals surface area (Å²) in [4.78, 5) is 8.02. The molecule has 0 saturated heterocycles. The van der Waals surface area contributed by atoms with Crippen LogP contribution < -0.4 is 0 Å². The summed E-state index contributed by atoms with van der Waals surface area (Å²) in [6.45, 7) is 2.08. The highest BCUT2D eigenvalue weighted by Gasteiger charge is 2.07. The van der Waals surface area contributed by atoms with Gasteiger partial charge in [0.2, 0.25) is 0 Å². The van der Waals surface area contributed by atoms with Crippen molar-refractivity contribution >= 4 is 11.0 Å². The molecule has 0 bridgehead atoms. The Morgan fingerprint density at radius 2 is 2.05 bits per heavy atom. The number of benzene rings is 2. The van der Waals surface area contributed by atoms with Crippen molar-refractivity contribution in [2.75, 3.05) is 0 Å². The molecule has 3 rings (SSSR count). The summed E-state index contributed by atoms with van der Waals surface area (Å²) >= 11 is 0. The maximum absolute atomic E-state index is 8.65. The van der Waals surface area contributed by atoms with Crippen LogP contribution in [0.25, 0.3) is 22.4 Å². The number of fused-ring (bicyclic) bond motifs is 1. The highest BCUT2D eigenvalue weighted by molar-refractivity contribution is 5.80. The van der Waals surface area contributed by atoms with Crippen molar-refractivity contribution in [2.45, 2.75) is 19.8 Å². The standard InChI is InChI=1S/C17H15N3/c1-12-5-2-3-7-14(12)17-19-15-9-8-13(6-4-10-18)11-16(15)20-17/h2-3,5,7-9,11H,4,6H2,1H3,(H,19,20). The van der Waals surface area contributed by atoms with Gasteiger partial charge in [-0.15, -0.1) is 0 Å². The average Bonchev–Trinajstić information content (AvgIpc) is 2.88. The van der Waals surface area contributed by atoms with Crippen LogP contribution in [0.1, 0.15) is 17.5 Å². The second kappa shape index (κ2) is 5.18. The van der Waals surface area contributed by atoms with E-state index < -0.39 is 0 Å². The number of aromatic amines is 1. The molecular formula is C17H15N3. The van der Waals surface area contributed by atoms with E-state index in [9.17, 15) is 0 Å². The smallest absolute Gasteiger partial charge is 0.138 e. The number of hydrogen-bond donors (Lipinski definition) is 1. The Hall–Kier alpha value is -2.60. The van der Waals surface area contributed by atoms with E-state index in [0.29, 0.717) is 6.42 Å². The van der Waals surface area contributed by atoms with E-state index in [2.05, 4.69) is 41.2 Å². The fourth-order valence-corrected chi connectivity index (χ4v) is 2.38. The first kappa shape index (κ1) is 12.4. The topological polar surface area (TPSA) is 52.5 Å². The highest BCUT2D eigenvalue weighted by Crippen LogP contribution is 2.24. The molecule has 0 radical (unpaired) electrons. The Kier molecular flexibility index (Phi) is 3.22. The third-order valence-electron chi connectivity index (χ3n) is 3.47. The van der Waals surface area contributed by atoms with Gasteiger partial charge in [0, 0.05) is 12.0 Å². The molecule has 0 spiro atoms. The summed E-state index contributed by atoms with van der Waals surface area (Å²) in [5.74, 6) is 0.899. The SMILES string of the molecule is Cc1ccccc1-c1nc2ccc(CCC#N)cc2[nH]1. The van der Waals surface area contributed by atoms with E-state index in [0.717, 1.165) is 28.8 Å². The van der Waals surface area contributed by atoms with Crippen molar-refractivity contribution in [3.05, 3.63) is 53.6 Å². The van der Waals surface area contributed by atoms with Crippen LogP contribution in [0.15, 0.2) is 42.5 Å². The third kappa shape index (κ3) is 2.28. The summed E-state index contributed by atoms with van der Waals surface area (Å²) in [7, 11) is 0. The van der Waals surface area contributed by atoms with Crippen molar-refractivity contribution in [3.8, 4) is 17.5 Å². The maximum atomic E-state index is 8.65. The Labute approximate surface area is 117 Å². The predicted molar refractivity (Wildman–Crippen MR) is 80.2 cm³/mol. The van der Waals surface area contributed by atoms with Crippen molar-refractivity contribution in [1.82, 2.24) is 9.97 Å². The zero-order valence-electron chi connectivity index (χ0n) is 11.4. The summed E-state index contributed by atoms with van der Waals surface area (Å²) < 4.78 is 0. The number of rotatable bonds is 3. The lowest BCUT2D eigenvalue weighted by Crippen LogP contribution is -1.84. The number of nitrogens with one attached hydrogen (secondary N) is 1. The summed E-state index contributed by atoms with van der Waals surface area (Å²) in [5, 5.41) is 8.65. The first-order chi connectivity index (χ1) is 9.78. The Balaban J connectivity index is 2.03. The first-order valence-corrected chi connectivity index (χ1v) is 6.69. The maximum Gasteiger partial charge on any atom is 0.138 e. The minimum absolute atomic E-state index is 0.546. The molecule has 3 aromatic rings. The second-order valence-corrected chi connectivity index (χ2v) is 4.91. The zero-order valence-corrected chi connectivity index (χ0v) is 11.4. The van der Waals surface area contributed by atoms with Crippen LogP contribution in [0, 0.1) is 18.3 Å². The molecule has 98 valence electrons. The summed E-state index contributed by atoms with van der Waals surface area (Å²) in [5.41, 5.74) is 5.49. The van der Waals surface area contributed by atoms with E-state index in [1.165, 1.54) is 11.1 Å². The first-order valence-electron chi connectivity index (χ1n) is 6.69. The number of aromatic nitrogens is 2. The van der Waals surface area contributed by atoms with Gasteiger partial charge in [-0.25, -0.2) is 4.98 Å². The molecule has 0 saturated carbocycles. The molecule has 3 heteroatoms. The van der Waals surface area contributed by atoms with Crippen LogP contribution in [0.4, 0.5) is 0 Å². The normalized spacial score (nSPS) is 10.6. The molecule has 0 aliphatic carbocycles. The molecule has 0 unspecified atom stereocenters. The molecule has 0 aliphatic rings. The highest BCUT2D eigenvalue weighted by atomic mass is 14.9. The van der Waals surface area contributed by atoms with Gasteiger partial charge in [0.25, 0.3) is 0 Å². The van der Waals surface area contributed by atoms with Crippen LogP contribution in [-0.2, 0) is 6.42 Å². The van der Waals surface area contributed by atoms with E-state index >= 15 is 0 Å². The van der Waals surface area contributed by atoms with Gasteiger partial charge in [-0.3, -0.25) is 0 Å². The number of H-pyrrole nitrogens is 1. The summed E-state index contributed by atoms with van der Waals surface area (Å²) in [6, 6.07) is 16.5. The van der Waals surface area contributed by atoms with Gasteiger partial charge in [0.05, 0.1) is 17.1 Å². The molecule has 1 N–H and O–H groups in total. The van der Waals surface area contributed by atoms with Crippen molar-refractivity contribution in [2.24, 2.45) is 0 Å². The van der Waals surface area contributed by atoms with Crippen LogP contribution in [0.5, 0.6) is 0 Å². The third-order valence-corrected chi connectivity index (χ3v) is 3.47. The van der Waals surface area contributed by atoms with Gasteiger partial charge in [-0.1, -0.05) is 30.3 Å². The molecule has 2 aromatic carbocycles. The van der Waals surface area contributed by atoms with E-state index in [-0.39, 0.29) is 0 Å². The van der Waals surface area contributed by atoms with Crippen LogP contribution >= 0.6 is 0 Å². The number of nitrogens with zero attached hydrogens (tertiary/aromatic N) is 2. The predicted octanol–water partition coefficient (Wildman–Crippen LogP) is 3.99. The number of nitriles is 1. The lowest BCUT2D eigenvalue weighted by molar-refractivity contribution is 1.01. The fraction of sp³-hybridized carbons (Fsp3) is 0.176. The molecule has 3 nitrogen and oxygen atoms in total. The molecule has 0 atom stereocenters. The Morgan fingerprint density at radius 1 is 1.20 bits per heavy atom. The van der Waals surface area contributed by atoms with Gasteiger partial charge in [-0.2, -0.15) is 5.26 Å². The van der Waals surface area contributed by atoms with Gasteiger partial charge in [-0.05, 0) is 36.6 Å². The molecule has 0 aliphatic heterocycles. The van der Waals surface area contributed by atoms with E-state index in [1.54, 1.807) is 0 Å². The van der Waals surface area contributed by atoms with Gasteiger partial charge < -0.3 is 4.98 Å². The van der Waals surface area contributed by atoms with Crippen molar-refractivity contribution in [1.29, 1.82) is 5.26 Å². The van der Waals surface area contributed by atoms with Gasteiger partial charge in [0.15, 0.2) is 0 Å². The molecule has 0 amide bonds. The van der Waals surface area contributed by atoms with Crippen molar-refractivity contribution in [3.63, 3.8) is 0 Å². The number of imidazole rings is 1. The molecule has 1 aromatic heterocycles. The lowest BCUT2D eigenvalue weighted by Gasteiger charge is -2.00. The van der Waals surface area contributed by atoms with Gasteiger partial charge >= 0.3 is 0 Å². The number of hydrogen-bond acceptors (Lipinski definition) is 2. The number of aryl methyl sites for hydroxylation is 2. The Morgan fingerprint density at radius 3 is 2.85 bits per heavy atom. The quantitative estimate of drug-likeness (QED) is 0.774. The van der Waals surface area contributed by atoms with E-state index in [4.69, 9.17) is 5.26 Å². The zero-order chi connectivity index (χ0) is 13.9. The minimum Gasteiger partial charge on any atom is -0.338 e. The second-order valence-electron chi connectivity index (χ2n) is 4.91. The van der Waals surface area contributed by atoms with Crippen molar-refractivity contribution < 1.29 is 0 Å². The molecule has 1 heterocycles. The van der Waals surface area contributed by atoms with Gasteiger partial charge in [0.1, 0.15) is 5.82 Å². The fourth-order valence-electron chi connectivity index (χ4n) is 2.38. The summed E-state index contributed by atoms with van der Waals surface area (Å²) in [6.07, 6.45) is 1.33. The molecule has 0 fully saturated rings. The minimum atomic E-state index is 0.546. The molecule has 20 heavy (non-hydrogen) atoms. The van der Waals surface area contributed by atoms with E-state index in [1.807, 2.05) is 24.3 Å². The van der Waals surface area contributed by atoms with Crippen LogP contribution in [0.3, 0.4) is 0 Å². The lowest BCUT2D eigenvalue weighted by atomic mass is 10.1. The Bertz CT molecular complexity index is 793.